The molecule has 0 aliphatic carbocycles. The van der Waals surface area contributed by atoms with Crippen molar-refractivity contribution >= 4 is 46.6 Å². The van der Waals surface area contributed by atoms with Crippen LogP contribution in [0.3, 0.4) is 0 Å². The van der Waals surface area contributed by atoms with Crippen LogP contribution in [0.25, 0.3) is 0 Å². The molecule has 20 heavy (non-hydrogen) atoms. The Morgan fingerprint density at radius 3 is 2.20 bits per heavy atom. The lowest BCUT2D eigenvalue weighted by atomic mass is 10.1. The predicted octanol–water partition coefficient (Wildman–Crippen LogP) is 3.97. The molecule has 0 rings (SSSR count). The first kappa shape index (κ1) is 19.6. The maximum Gasteiger partial charge on any atom is 0.305 e. The largest absolute Gasteiger partial charge is 0.501 e. The Bertz CT molecular complexity index is 348. The van der Waals surface area contributed by atoms with Crippen molar-refractivity contribution in [1.82, 2.24) is 0 Å². The van der Waals surface area contributed by atoms with Crippen molar-refractivity contribution in [1.29, 1.82) is 0 Å². The summed E-state index contributed by atoms with van der Waals surface area (Å²) in [6.07, 6.45) is 4.46. The third-order valence-corrected chi connectivity index (χ3v) is 3.00. The maximum atomic E-state index is 11.5. The minimum absolute atomic E-state index is 0.193. The molecule has 0 aromatic heterocycles. The molecule has 0 atom stereocenters. The predicted molar refractivity (Wildman–Crippen MR) is 80.1 cm³/mol. The summed E-state index contributed by atoms with van der Waals surface area (Å²) in [6, 6.07) is 0. The smallest absolute Gasteiger partial charge is 0.305 e. The quantitative estimate of drug-likeness (QED) is 0.209. The molecule has 0 N–H and O–H groups in total. The van der Waals surface area contributed by atoms with Crippen molar-refractivity contribution in [3.05, 3.63) is 11.8 Å². The van der Waals surface area contributed by atoms with Gasteiger partial charge >= 0.3 is 5.97 Å². The molecule has 116 valence electrons. The van der Waals surface area contributed by atoms with Gasteiger partial charge in [-0.25, -0.2) is 0 Å². The number of hydrogen-bond donors (Lipinski definition) is 0. The lowest BCUT2D eigenvalue weighted by molar-refractivity contribution is -0.143. The van der Waals surface area contributed by atoms with E-state index in [1.807, 2.05) is 0 Å². The highest BCUT2D eigenvalue weighted by atomic mass is 35.6. The molecular formula is C13H19Cl3O4. The van der Waals surface area contributed by atoms with E-state index >= 15 is 0 Å². The molecule has 0 aliphatic heterocycles. The summed E-state index contributed by atoms with van der Waals surface area (Å²) in [4.78, 5) is 22.6. The van der Waals surface area contributed by atoms with Gasteiger partial charge in [0.2, 0.25) is 5.78 Å². The molecule has 0 aromatic rings. The van der Waals surface area contributed by atoms with Gasteiger partial charge in [-0.2, -0.15) is 0 Å². The number of ether oxygens (including phenoxy) is 2. The van der Waals surface area contributed by atoms with Crippen LogP contribution in [0.5, 0.6) is 0 Å². The van der Waals surface area contributed by atoms with E-state index in [2.05, 4.69) is 0 Å². The van der Waals surface area contributed by atoms with Gasteiger partial charge in [0.05, 0.1) is 19.5 Å². The van der Waals surface area contributed by atoms with Crippen LogP contribution in [0.1, 0.15) is 39.0 Å². The fourth-order valence-electron chi connectivity index (χ4n) is 1.44. The molecule has 0 unspecified atom stereocenters. The monoisotopic (exact) mass is 344 g/mol. The lowest BCUT2D eigenvalue weighted by Gasteiger charge is -2.09. The van der Waals surface area contributed by atoms with Crippen molar-refractivity contribution in [2.75, 3.05) is 13.7 Å². The first-order valence-corrected chi connectivity index (χ1v) is 7.46. The highest BCUT2D eigenvalue weighted by Crippen LogP contribution is 2.28. The average molecular weight is 346 g/mol. The van der Waals surface area contributed by atoms with Crippen molar-refractivity contribution in [3.8, 4) is 0 Å². The minimum atomic E-state index is -1.96. The first-order chi connectivity index (χ1) is 9.31. The summed E-state index contributed by atoms with van der Waals surface area (Å²) >= 11 is 16.4. The normalized spacial score (nSPS) is 12.2. The van der Waals surface area contributed by atoms with Gasteiger partial charge in [-0.3, -0.25) is 9.59 Å². The molecule has 7 heteroatoms. The number of carbonyl (C=O) groups is 2. The fraction of sp³-hybridized carbons (Fsp3) is 0.692. The summed E-state index contributed by atoms with van der Waals surface area (Å²) < 4.78 is 7.91. The molecule has 0 radical (unpaired) electrons. The Morgan fingerprint density at radius 1 is 1.10 bits per heavy atom. The number of hydrogen-bond acceptors (Lipinski definition) is 4. The summed E-state index contributed by atoms with van der Waals surface area (Å²) in [5.74, 6) is -0.371. The number of unbranched alkanes of at least 4 members (excludes halogenated alkanes) is 2. The van der Waals surface area contributed by atoms with Crippen molar-refractivity contribution < 1.29 is 19.1 Å². The standard InChI is InChI=1S/C13H19Cl3O4/c1-3-20-12(18)8-6-4-5-7-10(19-2)9-11(17)13(14,15)16/h9H,3-8H2,1-2H3/b10-9+. The zero-order chi connectivity index (χ0) is 15.6. The summed E-state index contributed by atoms with van der Waals surface area (Å²) in [7, 11) is 1.45. The number of methoxy groups -OCH3 is 1. The molecule has 0 heterocycles. The summed E-state index contributed by atoms with van der Waals surface area (Å²) in [5.41, 5.74) is 0. The zero-order valence-corrected chi connectivity index (χ0v) is 13.9. The van der Waals surface area contributed by atoms with Gasteiger partial charge in [-0.15, -0.1) is 0 Å². The Morgan fingerprint density at radius 2 is 1.70 bits per heavy atom. The molecule has 0 saturated heterocycles. The lowest BCUT2D eigenvalue weighted by Crippen LogP contribution is -2.16. The van der Waals surface area contributed by atoms with Crippen molar-refractivity contribution in [3.63, 3.8) is 0 Å². The number of carbonyl (C=O) groups excluding carboxylic acids is 2. The van der Waals surface area contributed by atoms with Crippen LogP contribution in [0.15, 0.2) is 11.8 Å². The highest BCUT2D eigenvalue weighted by Gasteiger charge is 2.28. The first-order valence-electron chi connectivity index (χ1n) is 6.32. The van der Waals surface area contributed by atoms with Gasteiger partial charge < -0.3 is 9.47 Å². The van der Waals surface area contributed by atoms with Gasteiger partial charge in [0.25, 0.3) is 3.79 Å². The van der Waals surface area contributed by atoms with Crippen LogP contribution >= 0.6 is 34.8 Å². The second-order valence-electron chi connectivity index (χ2n) is 4.04. The van der Waals surface area contributed by atoms with Gasteiger partial charge in [-0.05, 0) is 19.8 Å². The molecule has 0 saturated carbocycles. The van der Waals surface area contributed by atoms with E-state index in [1.165, 1.54) is 13.2 Å². The van der Waals surface area contributed by atoms with E-state index in [-0.39, 0.29) is 5.97 Å². The molecular weight excluding hydrogens is 326 g/mol. The number of rotatable bonds is 9. The Hall–Kier alpha value is -0.450. The fourth-order valence-corrected chi connectivity index (χ4v) is 1.60. The van der Waals surface area contributed by atoms with Crippen LogP contribution in [-0.2, 0) is 19.1 Å². The van der Waals surface area contributed by atoms with E-state index in [4.69, 9.17) is 44.3 Å². The second kappa shape index (κ2) is 10.3. The van der Waals surface area contributed by atoms with Gasteiger partial charge in [0.15, 0.2) is 0 Å². The number of esters is 1. The van der Waals surface area contributed by atoms with Gasteiger partial charge in [0.1, 0.15) is 0 Å². The number of allylic oxidation sites excluding steroid dienone is 2. The van der Waals surface area contributed by atoms with Gasteiger partial charge in [-0.1, -0.05) is 41.2 Å². The third-order valence-electron chi connectivity index (χ3n) is 2.44. The van der Waals surface area contributed by atoms with E-state index in [1.54, 1.807) is 6.92 Å². The molecule has 0 aromatic carbocycles. The van der Waals surface area contributed by atoms with Crippen LogP contribution in [0.2, 0.25) is 0 Å². The van der Waals surface area contributed by atoms with E-state index in [9.17, 15) is 9.59 Å². The zero-order valence-electron chi connectivity index (χ0n) is 11.6. The molecule has 0 fully saturated rings. The second-order valence-corrected chi connectivity index (χ2v) is 6.32. The van der Waals surface area contributed by atoms with Crippen molar-refractivity contribution in [2.24, 2.45) is 0 Å². The Kier molecular flexibility index (Phi) is 10.1. The van der Waals surface area contributed by atoms with Gasteiger partial charge in [0, 0.05) is 18.9 Å². The molecule has 4 nitrogen and oxygen atoms in total. The van der Waals surface area contributed by atoms with E-state index in [0.717, 1.165) is 19.3 Å². The minimum Gasteiger partial charge on any atom is -0.501 e. The molecule has 0 aliphatic rings. The van der Waals surface area contributed by atoms with Crippen LogP contribution in [0, 0.1) is 0 Å². The molecule has 0 spiro atoms. The Labute approximate surface area is 134 Å². The maximum absolute atomic E-state index is 11.5. The highest BCUT2D eigenvalue weighted by molar-refractivity contribution is 6.77. The molecule has 0 bridgehead atoms. The third kappa shape index (κ3) is 9.45. The number of alkyl halides is 3. The summed E-state index contributed by atoms with van der Waals surface area (Å²) in [6.45, 7) is 2.17. The van der Waals surface area contributed by atoms with Crippen molar-refractivity contribution in [2.45, 2.75) is 42.8 Å². The SMILES string of the molecule is CCOC(=O)CCCCC/C(=C\C(=O)C(Cl)(Cl)Cl)OC. The summed E-state index contributed by atoms with van der Waals surface area (Å²) in [5, 5.41) is 0. The van der Waals surface area contributed by atoms with Crippen LogP contribution < -0.4 is 0 Å². The van der Waals surface area contributed by atoms with E-state index in [0.29, 0.717) is 25.2 Å². The topological polar surface area (TPSA) is 52.6 Å². The van der Waals surface area contributed by atoms with E-state index < -0.39 is 9.58 Å². The van der Waals surface area contributed by atoms with Crippen LogP contribution in [-0.4, -0.2) is 29.3 Å². The average Bonchev–Trinajstić information content (AvgIpc) is 2.35. The molecule has 0 amide bonds. The Balaban J connectivity index is 4.00. The number of halogens is 3. The number of ketones is 1. The van der Waals surface area contributed by atoms with Crippen LogP contribution in [0.4, 0.5) is 0 Å².